The topological polar surface area (TPSA) is 66.8 Å². The van der Waals surface area contributed by atoms with Crippen LogP contribution in [-0.4, -0.2) is 23.3 Å². The van der Waals surface area contributed by atoms with Gasteiger partial charge >= 0.3 is 5.97 Å². The highest BCUT2D eigenvalue weighted by molar-refractivity contribution is 5.69. The minimum atomic E-state index is -0.706. The fourth-order valence-corrected chi connectivity index (χ4v) is 0.804. The standard InChI is InChI=1S/C7H8O2.C5H10O2/c1-9-7-5-3-2-4-6(7)8;1-3-4(2)5(6)7/h2-5,8H,1H3;4H,3H2,1-2H3,(H,6,7). The number of hydrogen-bond donors (Lipinski definition) is 2. The van der Waals surface area contributed by atoms with Crippen molar-refractivity contribution in [3.63, 3.8) is 0 Å². The molecule has 0 aromatic heterocycles. The van der Waals surface area contributed by atoms with Crippen LogP contribution in [0.4, 0.5) is 0 Å². The van der Waals surface area contributed by atoms with Crippen LogP contribution in [-0.2, 0) is 4.79 Å². The highest BCUT2D eigenvalue weighted by atomic mass is 16.5. The minimum Gasteiger partial charge on any atom is -0.504 e. The van der Waals surface area contributed by atoms with Gasteiger partial charge in [0.2, 0.25) is 0 Å². The lowest BCUT2D eigenvalue weighted by Crippen LogP contribution is -2.06. The molecule has 0 saturated carbocycles. The van der Waals surface area contributed by atoms with Gasteiger partial charge in [-0.25, -0.2) is 0 Å². The number of rotatable bonds is 3. The first-order chi connectivity index (χ1) is 7.52. The summed E-state index contributed by atoms with van der Waals surface area (Å²) in [5.41, 5.74) is 0. The average molecular weight is 226 g/mol. The monoisotopic (exact) mass is 226 g/mol. The summed E-state index contributed by atoms with van der Waals surface area (Å²) >= 11 is 0. The lowest BCUT2D eigenvalue weighted by Gasteiger charge is -1.99. The number of benzene rings is 1. The van der Waals surface area contributed by atoms with Gasteiger partial charge in [0.05, 0.1) is 13.0 Å². The Morgan fingerprint density at radius 3 is 2.25 bits per heavy atom. The molecule has 1 unspecified atom stereocenters. The van der Waals surface area contributed by atoms with Crippen molar-refractivity contribution in [3.8, 4) is 11.5 Å². The predicted octanol–water partition coefficient (Wildman–Crippen LogP) is 2.52. The van der Waals surface area contributed by atoms with Gasteiger partial charge in [-0.3, -0.25) is 4.79 Å². The molecule has 1 rings (SSSR count). The molecule has 4 heteroatoms. The van der Waals surface area contributed by atoms with E-state index in [0.717, 1.165) is 6.42 Å². The third-order valence-electron chi connectivity index (χ3n) is 2.12. The van der Waals surface area contributed by atoms with Crippen LogP contribution in [0.3, 0.4) is 0 Å². The van der Waals surface area contributed by atoms with Gasteiger partial charge in [0.25, 0.3) is 0 Å². The summed E-state index contributed by atoms with van der Waals surface area (Å²) in [5.74, 6) is -0.194. The number of carboxylic acids is 1. The molecule has 2 N–H and O–H groups in total. The number of hydrogen-bond acceptors (Lipinski definition) is 3. The fourth-order valence-electron chi connectivity index (χ4n) is 0.804. The number of carbonyl (C=O) groups is 1. The third-order valence-corrected chi connectivity index (χ3v) is 2.12. The molecule has 0 spiro atoms. The van der Waals surface area contributed by atoms with Gasteiger partial charge in [0.15, 0.2) is 11.5 Å². The first-order valence-corrected chi connectivity index (χ1v) is 5.07. The molecular formula is C12H18O4. The molecule has 0 fully saturated rings. The molecule has 0 aliphatic heterocycles. The van der Waals surface area contributed by atoms with E-state index in [9.17, 15) is 4.79 Å². The van der Waals surface area contributed by atoms with E-state index < -0.39 is 5.97 Å². The van der Waals surface area contributed by atoms with Crippen LogP contribution in [0.15, 0.2) is 24.3 Å². The molecule has 0 amide bonds. The number of methoxy groups -OCH3 is 1. The van der Waals surface area contributed by atoms with Crippen molar-refractivity contribution in [1.82, 2.24) is 0 Å². The number of carboxylic acid groups (broad SMARTS) is 1. The second-order valence-corrected chi connectivity index (χ2v) is 3.32. The van der Waals surface area contributed by atoms with Crippen molar-refractivity contribution >= 4 is 5.97 Å². The maximum absolute atomic E-state index is 9.93. The molecule has 0 aliphatic carbocycles. The maximum atomic E-state index is 9.93. The molecule has 4 nitrogen and oxygen atoms in total. The zero-order valence-corrected chi connectivity index (χ0v) is 9.80. The molecule has 1 aromatic carbocycles. The molecule has 1 aromatic rings. The summed E-state index contributed by atoms with van der Waals surface area (Å²) in [7, 11) is 1.52. The highest BCUT2D eigenvalue weighted by Gasteiger charge is 2.05. The van der Waals surface area contributed by atoms with Gasteiger partial charge in [0, 0.05) is 0 Å². The Hall–Kier alpha value is -1.71. The van der Waals surface area contributed by atoms with E-state index in [-0.39, 0.29) is 11.7 Å². The first-order valence-electron chi connectivity index (χ1n) is 5.07. The second kappa shape index (κ2) is 7.56. The summed E-state index contributed by atoms with van der Waals surface area (Å²) in [6.07, 6.45) is 0.718. The normalized spacial score (nSPS) is 10.9. The van der Waals surface area contributed by atoms with E-state index in [1.165, 1.54) is 7.11 Å². The van der Waals surface area contributed by atoms with E-state index in [1.54, 1.807) is 31.2 Å². The number of para-hydroxylation sites is 2. The smallest absolute Gasteiger partial charge is 0.306 e. The van der Waals surface area contributed by atoms with Gasteiger partial charge in [0.1, 0.15) is 0 Å². The first kappa shape index (κ1) is 14.3. The fraction of sp³-hybridized carbons (Fsp3) is 0.417. The molecule has 0 radical (unpaired) electrons. The third kappa shape index (κ3) is 5.24. The van der Waals surface area contributed by atoms with E-state index in [4.69, 9.17) is 14.9 Å². The number of ether oxygens (including phenoxy) is 1. The van der Waals surface area contributed by atoms with Crippen molar-refractivity contribution in [2.24, 2.45) is 5.92 Å². The Morgan fingerprint density at radius 1 is 1.44 bits per heavy atom. The van der Waals surface area contributed by atoms with Gasteiger partial charge < -0.3 is 14.9 Å². The van der Waals surface area contributed by atoms with Crippen LogP contribution >= 0.6 is 0 Å². The summed E-state index contributed by atoms with van der Waals surface area (Å²) in [6.45, 7) is 3.56. The molecule has 0 aliphatic rings. The predicted molar refractivity (Wildman–Crippen MR) is 61.7 cm³/mol. The van der Waals surface area contributed by atoms with E-state index in [2.05, 4.69) is 0 Å². The van der Waals surface area contributed by atoms with Crippen molar-refractivity contribution < 1.29 is 19.7 Å². The van der Waals surface area contributed by atoms with Gasteiger partial charge in [-0.05, 0) is 18.6 Å². The molecule has 90 valence electrons. The average Bonchev–Trinajstić information content (AvgIpc) is 2.29. The number of aliphatic carboxylic acids is 1. The number of phenolic OH excluding ortho intramolecular Hbond substituents is 1. The van der Waals surface area contributed by atoms with Crippen LogP contribution in [0, 0.1) is 5.92 Å². The van der Waals surface area contributed by atoms with Crippen molar-refractivity contribution in [2.75, 3.05) is 7.11 Å². The maximum Gasteiger partial charge on any atom is 0.306 e. The van der Waals surface area contributed by atoms with E-state index in [1.807, 2.05) is 6.92 Å². The van der Waals surface area contributed by atoms with Crippen molar-refractivity contribution in [3.05, 3.63) is 24.3 Å². The Labute approximate surface area is 95.5 Å². The van der Waals surface area contributed by atoms with Crippen LogP contribution in [0.5, 0.6) is 11.5 Å². The molecular weight excluding hydrogens is 208 g/mol. The van der Waals surface area contributed by atoms with Crippen LogP contribution in [0.1, 0.15) is 20.3 Å². The van der Waals surface area contributed by atoms with Crippen molar-refractivity contribution in [2.45, 2.75) is 20.3 Å². The zero-order valence-electron chi connectivity index (χ0n) is 9.80. The lowest BCUT2D eigenvalue weighted by atomic mass is 10.1. The Balaban J connectivity index is 0.000000293. The summed E-state index contributed by atoms with van der Waals surface area (Å²) in [5, 5.41) is 17.2. The van der Waals surface area contributed by atoms with Crippen LogP contribution in [0.2, 0.25) is 0 Å². The van der Waals surface area contributed by atoms with E-state index >= 15 is 0 Å². The Bertz CT molecular complexity index is 323. The van der Waals surface area contributed by atoms with Crippen LogP contribution < -0.4 is 4.74 Å². The van der Waals surface area contributed by atoms with Gasteiger partial charge in [-0.2, -0.15) is 0 Å². The minimum absolute atomic E-state index is 0.181. The molecule has 0 saturated heterocycles. The SMILES string of the molecule is CCC(C)C(=O)O.COc1ccccc1O. The lowest BCUT2D eigenvalue weighted by molar-refractivity contribution is -0.141. The highest BCUT2D eigenvalue weighted by Crippen LogP contribution is 2.22. The molecule has 16 heavy (non-hydrogen) atoms. The second-order valence-electron chi connectivity index (χ2n) is 3.32. The molecule has 0 heterocycles. The Kier molecular flexibility index (Phi) is 6.76. The summed E-state index contributed by atoms with van der Waals surface area (Å²) in [4.78, 5) is 9.93. The summed E-state index contributed by atoms with van der Waals surface area (Å²) < 4.78 is 4.79. The van der Waals surface area contributed by atoms with Gasteiger partial charge in [-0.1, -0.05) is 26.0 Å². The van der Waals surface area contributed by atoms with Crippen molar-refractivity contribution in [1.29, 1.82) is 0 Å². The van der Waals surface area contributed by atoms with E-state index in [0.29, 0.717) is 5.75 Å². The molecule has 1 atom stereocenters. The Morgan fingerprint density at radius 2 is 2.00 bits per heavy atom. The number of phenols is 1. The van der Waals surface area contributed by atoms with Gasteiger partial charge in [-0.15, -0.1) is 0 Å². The quantitative estimate of drug-likeness (QED) is 0.831. The number of aromatic hydroxyl groups is 1. The summed E-state index contributed by atoms with van der Waals surface area (Å²) in [6, 6.07) is 6.84. The molecule has 0 bridgehead atoms. The largest absolute Gasteiger partial charge is 0.504 e. The zero-order chi connectivity index (χ0) is 12.6. The van der Waals surface area contributed by atoms with Crippen LogP contribution in [0.25, 0.3) is 0 Å².